The second kappa shape index (κ2) is 3.84. The molecule has 0 aromatic carbocycles. The standard InChI is InChI=1S/C9H15NO2.ClH/c11-8(12)9(4-3-5-9)10-6-1-2-7-10;/h1-7H2,(H,11,12);1H. The minimum absolute atomic E-state index is 0. The molecule has 0 atom stereocenters. The van der Waals surface area contributed by atoms with E-state index in [0.29, 0.717) is 0 Å². The molecular formula is C9H16ClNO2. The van der Waals surface area contributed by atoms with Crippen LogP contribution in [0.4, 0.5) is 0 Å². The van der Waals surface area contributed by atoms with Crippen LogP contribution in [0.25, 0.3) is 0 Å². The highest BCUT2D eigenvalue weighted by molar-refractivity contribution is 5.85. The highest BCUT2D eigenvalue weighted by Gasteiger charge is 2.49. The molecule has 1 N–H and O–H groups in total. The van der Waals surface area contributed by atoms with Crippen LogP contribution in [0.5, 0.6) is 0 Å². The first-order chi connectivity index (χ1) is 5.76. The molecule has 0 spiro atoms. The van der Waals surface area contributed by atoms with Crippen molar-refractivity contribution in [1.29, 1.82) is 0 Å². The third-order valence-electron chi connectivity index (χ3n) is 3.29. The highest BCUT2D eigenvalue weighted by atomic mass is 35.5. The van der Waals surface area contributed by atoms with E-state index in [1.54, 1.807) is 0 Å². The number of aliphatic carboxylic acids is 1. The van der Waals surface area contributed by atoms with Crippen molar-refractivity contribution in [3.63, 3.8) is 0 Å². The molecule has 1 heterocycles. The summed E-state index contributed by atoms with van der Waals surface area (Å²) in [6.07, 6.45) is 5.16. The Morgan fingerprint density at radius 1 is 1.15 bits per heavy atom. The van der Waals surface area contributed by atoms with Gasteiger partial charge < -0.3 is 5.11 Å². The van der Waals surface area contributed by atoms with Crippen LogP contribution in [-0.2, 0) is 4.79 Å². The number of likely N-dealkylation sites (tertiary alicyclic amines) is 1. The minimum Gasteiger partial charge on any atom is -0.480 e. The van der Waals surface area contributed by atoms with E-state index < -0.39 is 11.5 Å². The molecule has 2 aliphatic rings. The van der Waals surface area contributed by atoms with Crippen LogP contribution >= 0.6 is 12.4 Å². The van der Waals surface area contributed by atoms with Gasteiger partial charge in [-0.3, -0.25) is 9.69 Å². The SMILES string of the molecule is Cl.O=C(O)C1(N2CCCC2)CCC1. The van der Waals surface area contributed by atoms with Gasteiger partial charge in [-0.05, 0) is 45.2 Å². The Morgan fingerprint density at radius 3 is 2.00 bits per heavy atom. The van der Waals surface area contributed by atoms with Gasteiger partial charge in [0.2, 0.25) is 0 Å². The molecule has 2 rings (SSSR count). The minimum atomic E-state index is -0.601. The maximum Gasteiger partial charge on any atom is 0.324 e. The van der Waals surface area contributed by atoms with E-state index in [4.69, 9.17) is 5.11 Å². The van der Waals surface area contributed by atoms with Gasteiger partial charge in [0.1, 0.15) is 5.54 Å². The number of rotatable bonds is 2. The zero-order valence-electron chi connectivity index (χ0n) is 7.66. The summed E-state index contributed by atoms with van der Waals surface area (Å²) in [6, 6.07) is 0. The van der Waals surface area contributed by atoms with E-state index in [-0.39, 0.29) is 12.4 Å². The zero-order valence-corrected chi connectivity index (χ0v) is 8.48. The van der Waals surface area contributed by atoms with E-state index in [9.17, 15) is 4.79 Å². The second-order valence-electron chi connectivity index (χ2n) is 3.88. The maximum absolute atomic E-state index is 11.0. The van der Waals surface area contributed by atoms with Crippen LogP contribution in [0, 0.1) is 0 Å². The van der Waals surface area contributed by atoms with Gasteiger partial charge in [-0.25, -0.2) is 0 Å². The Balaban J connectivity index is 0.000000845. The summed E-state index contributed by atoms with van der Waals surface area (Å²) in [6.45, 7) is 1.98. The molecule has 76 valence electrons. The lowest BCUT2D eigenvalue weighted by Gasteiger charge is -2.44. The molecule has 1 aliphatic carbocycles. The monoisotopic (exact) mass is 205 g/mol. The highest BCUT2D eigenvalue weighted by Crippen LogP contribution is 2.39. The predicted octanol–water partition coefficient (Wildman–Crippen LogP) is 1.51. The average Bonchev–Trinajstić information content (AvgIpc) is 2.35. The maximum atomic E-state index is 11.0. The third-order valence-corrected chi connectivity index (χ3v) is 3.29. The summed E-state index contributed by atoms with van der Waals surface area (Å²) < 4.78 is 0. The molecule has 4 heteroatoms. The fourth-order valence-corrected chi connectivity index (χ4v) is 2.32. The Bertz CT molecular complexity index is 198. The summed E-state index contributed by atoms with van der Waals surface area (Å²) in [5.74, 6) is -0.601. The van der Waals surface area contributed by atoms with Gasteiger partial charge in [-0.2, -0.15) is 0 Å². The van der Waals surface area contributed by atoms with E-state index in [1.807, 2.05) is 0 Å². The Morgan fingerprint density at radius 2 is 1.69 bits per heavy atom. The van der Waals surface area contributed by atoms with E-state index in [2.05, 4.69) is 4.90 Å². The van der Waals surface area contributed by atoms with Crippen molar-refractivity contribution in [2.45, 2.75) is 37.6 Å². The predicted molar refractivity (Wildman–Crippen MR) is 52.3 cm³/mol. The topological polar surface area (TPSA) is 40.5 Å². The molecular weight excluding hydrogens is 190 g/mol. The number of hydrogen-bond acceptors (Lipinski definition) is 2. The van der Waals surface area contributed by atoms with Gasteiger partial charge in [0.15, 0.2) is 0 Å². The van der Waals surface area contributed by atoms with Crippen molar-refractivity contribution in [1.82, 2.24) is 4.90 Å². The van der Waals surface area contributed by atoms with Crippen LogP contribution in [-0.4, -0.2) is 34.6 Å². The van der Waals surface area contributed by atoms with Gasteiger partial charge >= 0.3 is 5.97 Å². The zero-order chi connectivity index (χ0) is 8.60. The average molecular weight is 206 g/mol. The molecule has 0 aromatic rings. The Hall–Kier alpha value is -0.280. The summed E-state index contributed by atoms with van der Waals surface area (Å²) in [5, 5.41) is 9.10. The van der Waals surface area contributed by atoms with Gasteiger partial charge in [-0.1, -0.05) is 0 Å². The van der Waals surface area contributed by atoms with Crippen molar-refractivity contribution in [2.75, 3.05) is 13.1 Å². The Kier molecular flexibility index (Phi) is 3.19. The fourth-order valence-electron chi connectivity index (χ4n) is 2.32. The lowest BCUT2D eigenvalue weighted by atomic mass is 9.75. The molecule has 13 heavy (non-hydrogen) atoms. The quantitative estimate of drug-likeness (QED) is 0.743. The number of carboxylic acid groups (broad SMARTS) is 1. The van der Waals surface area contributed by atoms with Gasteiger partial charge in [0, 0.05) is 0 Å². The lowest BCUT2D eigenvalue weighted by Crippen LogP contribution is -2.58. The third kappa shape index (κ3) is 1.55. The van der Waals surface area contributed by atoms with Gasteiger partial charge in [-0.15, -0.1) is 12.4 Å². The normalized spacial score (nSPS) is 26.2. The van der Waals surface area contributed by atoms with Crippen LogP contribution in [0.2, 0.25) is 0 Å². The van der Waals surface area contributed by atoms with Crippen LogP contribution in [0.15, 0.2) is 0 Å². The molecule has 1 saturated heterocycles. The van der Waals surface area contributed by atoms with E-state index in [1.165, 1.54) is 12.8 Å². The summed E-state index contributed by atoms with van der Waals surface area (Å²) in [4.78, 5) is 13.2. The first-order valence-corrected chi connectivity index (χ1v) is 4.74. The molecule has 0 aromatic heterocycles. The number of nitrogens with zero attached hydrogens (tertiary/aromatic N) is 1. The van der Waals surface area contributed by atoms with Crippen molar-refractivity contribution < 1.29 is 9.90 Å². The van der Waals surface area contributed by atoms with Gasteiger partial charge in [0.05, 0.1) is 0 Å². The fraction of sp³-hybridized carbons (Fsp3) is 0.889. The largest absolute Gasteiger partial charge is 0.480 e. The second-order valence-corrected chi connectivity index (χ2v) is 3.88. The van der Waals surface area contributed by atoms with Crippen LogP contribution in [0.1, 0.15) is 32.1 Å². The molecule has 1 aliphatic heterocycles. The van der Waals surface area contributed by atoms with Crippen molar-refractivity contribution in [3.05, 3.63) is 0 Å². The van der Waals surface area contributed by atoms with Crippen molar-refractivity contribution in [2.24, 2.45) is 0 Å². The number of halogens is 1. The molecule has 1 saturated carbocycles. The van der Waals surface area contributed by atoms with Crippen molar-refractivity contribution in [3.8, 4) is 0 Å². The molecule has 2 fully saturated rings. The Labute approximate surface area is 84.5 Å². The molecule has 0 unspecified atom stereocenters. The molecule has 3 nitrogen and oxygen atoms in total. The summed E-state index contributed by atoms with van der Waals surface area (Å²) in [5.41, 5.74) is -0.448. The smallest absolute Gasteiger partial charge is 0.324 e. The number of hydrogen-bond donors (Lipinski definition) is 1. The molecule has 0 bridgehead atoms. The van der Waals surface area contributed by atoms with Gasteiger partial charge in [0.25, 0.3) is 0 Å². The lowest BCUT2D eigenvalue weighted by molar-refractivity contribution is -0.157. The first-order valence-electron chi connectivity index (χ1n) is 4.74. The van der Waals surface area contributed by atoms with E-state index in [0.717, 1.165) is 32.4 Å². The first kappa shape index (κ1) is 10.8. The van der Waals surface area contributed by atoms with E-state index >= 15 is 0 Å². The number of carbonyl (C=O) groups is 1. The number of carboxylic acids is 1. The van der Waals surface area contributed by atoms with Crippen molar-refractivity contribution >= 4 is 18.4 Å². The summed E-state index contributed by atoms with van der Waals surface area (Å²) in [7, 11) is 0. The molecule has 0 amide bonds. The summed E-state index contributed by atoms with van der Waals surface area (Å²) >= 11 is 0. The molecule has 0 radical (unpaired) electrons. The van der Waals surface area contributed by atoms with Crippen LogP contribution < -0.4 is 0 Å². The van der Waals surface area contributed by atoms with Crippen LogP contribution in [0.3, 0.4) is 0 Å².